The van der Waals surface area contributed by atoms with Crippen LogP contribution >= 0.6 is 39.9 Å². The second kappa shape index (κ2) is 6.07. The van der Waals surface area contributed by atoms with Crippen LogP contribution in [0.25, 0.3) is 6.08 Å². The van der Waals surface area contributed by atoms with E-state index in [1.165, 1.54) is 6.92 Å². The number of carbonyl (C=O) groups excluding carboxylic acids is 1. The lowest BCUT2D eigenvalue weighted by Crippen LogP contribution is -2.41. The Labute approximate surface area is 134 Å². The Morgan fingerprint density at radius 3 is 2.85 bits per heavy atom. The second-order valence-corrected chi connectivity index (χ2v) is 6.71. The molecule has 1 aliphatic rings. The highest BCUT2D eigenvalue weighted by molar-refractivity contribution is 9.10. The third-order valence-corrected chi connectivity index (χ3v) is 4.54. The zero-order valence-electron chi connectivity index (χ0n) is 10.4. The maximum Gasteiger partial charge on any atom is 0.326 e. The number of carbonyl (C=O) groups is 2. The molecule has 0 radical (unpaired) electrons. The van der Waals surface area contributed by atoms with Crippen LogP contribution in [0.4, 0.5) is 0 Å². The van der Waals surface area contributed by atoms with E-state index in [9.17, 15) is 9.59 Å². The molecule has 0 aromatic heterocycles. The van der Waals surface area contributed by atoms with Gasteiger partial charge >= 0.3 is 5.97 Å². The molecule has 1 aromatic rings. The Morgan fingerprint density at radius 2 is 2.25 bits per heavy atom. The van der Waals surface area contributed by atoms with Gasteiger partial charge in [0.1, 0.15) is 10.4 Å². The lowest BCUT2D eigenvalue weighted by Gasteiger charge is -2.18. The monoisotopic (exact) mass is 371 g/mol. The molecule has 2 rings (SSSR count). The summed E-state index contributed by atoms with van der Waals surface area (Å²) in [7, 11) is 0. The van der Waals surface area contributed by atoms with Crippen molar-refractivity contribution in [3.8, 4) is 0 Å². The standard InChI is InChI=1S/C13H10BrNO3S2/c1-7(12(17)18)15-11(16)10(20-13(15)19)6-8-3-2-4-9(14)5-8/h2-7H,1H3,(H,17,18). The Balaban J connectivity index is 2.30. The summed E-state index contributed by atoms with van der Waals surface area (Å²) < 4.78 is 1.17. The van der Waals surface area contributed by atoms with Gasteiger partial charge in [-0.2, -0.15) is 0 Å². The minimum Gasteiger partial charge on any atom is -0.480 e. The summed E-state index contributed by atoms with van der Waals surface area (Å²) in [5, 5.41) is 9.00. The SMILES string of the molecule is CC(C(=O)O)N1C(=O)C(=Cc2cccc(Br)c2)SC1=S. The summed E-state index contributed by atoms with van der Waals surface area (Å²) in [5.41, 5.74) is 0.850. The van der Waals surface area contributed by atoms with Crippen molar-refractivity contribution >= 4 is 62.2 Å². The fourth-order valence-electron chi connectivity index (χ4n) is 1.67. The van der Waals surface area contributed by atoms with E-state index in [0.717, 1.165) is 26.7 Å². The smallest absolute Gasteiger partial charge is 0.326 e. The molecule has 1 N–H and O–H groups in total. The normalized spacial score (nSPS) is 18.7. The summed E-state index contributed by atoms with van der Waals surface area (Å²) in [6, 6.07) is 6.51. The molecule has 1 unspecified atom stereocenters. The van der Waals surface area contributed by atoms with Crippen molar-refractivity contribution in [1.82, 2.24) is 4.90 Å². The van der Waals surface area contributed by atoms with Gasteiger partial charge in [0, 0.05) is 4.47 Å². The maximum atomic E-state index is 12.2. The molecule has 1 aromatic carbocycles. The molecule has 0 aliphatic carbocycles. The minimum atomic E-state index is -1.08. The summed E-state index contributed by atoms with van der Waals surface area (Å²) in [6.07, 6.45) is 1.71. The van der Waals surface area contributed by atoms with Crippen molar-refractivity contribution in [3.05, 3.63) is 39.2 Å². The number of hydrogen-bond acceptors (Lipinski definition) is 4. The first-order valence-corrected chi connectivity index (χ1v) is 7.67. The summed E-state index contributed by atoms with van der Waals surface area (Å²) in [6.45, 7) is 1.44. The van der Waals surface area contributed by atoms with Gasteiger partial charge in [-0.1, -0.05) is 52.0 Å². The maximum absolute atomic E-state index is 12.2. The van der Waals surface area contributed by atoms with Crippen molar-refractivity contribution in [1.29, 1.82) is 0 Å². The molecular weight excluding hydrogens is 362 g/mol. The summed E-state index contributed by atoms with van der Waals surface area (Å²) in [4.78, 5) is 24.8. The van der Waals surface area contributed by atoms with Gasteiger partial charge < -0.3 is 5.11 Å². The highest BCUT2D eigenvalue weighted by Gasteiger charge is 2.38. The first-order valence-electron chi connectivity index (χ1n) is 5.65. The van der Waals surface area contributed by atoms with Gasteiger partial charge in [0.05, 0.1) is 4.91 Å². The van der Waals surface area contributed by atoms with Crippen LogP contribution in [0.2, 0.25) is 0 Å². The van der Waals surface area contributed by atoms with Crippen LogP contribution in [0.3, 0.4) is 0 Å². The fraction of sp³-hybridized carbons (Fsp3) is 0.154. The predicted octanol–water partition coefficient (Wildman–Crippen LogP) is 3.12. The first kappa shape index (κ1) is 15.2. The van der Waals surface area contributed by atoms with Crippen molar-refractivity contribution in [3.63, 3.8) is 0 Å². The van der Waals surface area contributed by atoms with Crippen LogP contribution in [0, 0.1) is 0 Å². The molecule has 20 heavy (non-hydrogen) atoms. The number of benzene rings is 1. The Hall–Kier alpha value is -1.18. The van der Waals surface area contributed by atoms with Crippen LogP contribution < -0.4 is 0 Å². The highest BCUT2D eigenvalue weighted by atomic mass is 79.9. The molecule has 1 heterocycles. The van der Waals surface area contributed by atoms with E-state index in [1.807, 2.05) is 24.3 Å². The zero-order chi connectivity index (χ0) is 14.9. The van der Waals surface area contributed by atoms with E-state index in [-0.39, 0.29) is 10.2 Å². The number of carboxylic acids is 1. The zero-order valence-corrected chi connectivity index (χ0v) is 13.6. The van der Waals surface area contributed by atoms with Crippen molar-refractivity contribution in [2.75, 3.05) is 0 Å². The first-order chi connectivity index (χ1) is 9.40. The molecule has 1 amide bonds. The molecule has 1 aliphatic heterocycles. The number of hydrogen-bond donors (Lipinski definition) is 1. The van der Waals surface area contributed by atoms with Gasteiger partial charge in [-0.05, 0) is 30.7 Å². The van der Waals surface area contributed by atoms with Crippen molar-refractivity contribution < 1.29 is 14.7 Å². The van der Waals surface area contributed by atoms with E-state index in [0.29, 0.717) is 4.91 Å². The van der Waals surface area contributed by atoms with Crippen molar-refractivity contribution in [2.24, 2.45) is 0 Å². The Morgan fingerprint density at radius 1 is 1.55 bits per heavy atom. The average Bonchev–Trinajstić information content (AvgIpc) is 2.63. The molecule has 1 saturated heterocycles. The van der Waals surface area contributed by atoms with Crippen LogP contribution in [0.5, 0.6) is 0 Å². The van der Waals surface area contributed by atoms with Crippen molar-refractivity contribution in [2.45, 2.75) is 13.0 Å². The molecular formula is C13H10BrNO3S2. The number of carboxylic acid groups (broad SMARTS) is 1. The second-order valence-electron chi connectivity index (χ2n) is 4.12. The number of thioether (sulfide) groups is 1. The molecule has 7 heteroatoms. The molecule has 0 bridgehead atoms. The van der Waals surface area contributed by atoms with E-state index >= 15 is 0 Å². The quantitative estimate of drug-likeness (QED) is 0.653. The molecule has 1 fully saturated rings. The number of aliphatic carboxylic acids is 1. The molecule has 4 nitrogen and oxygen atoms in total. The molecule has 104 valence electrons. The van der Waals surface area contributed by atoms with E-state index in [4.69, 9.17) is 17.3 Å². The number of halogens is 1. The largest absolute Gasteiger partial charge is 0.480 e. The lowest BCUT2D eigenvalue weighted by atomic mass is 10.2. The number of rotatable bonds is 3. The third-order valence-electron chi connectivity index (χ3n) is 2.71. The lowest BCUT2D eigenvalue weighted by molar-refractivity contribution is -0.144. The highest BCUT2D eigenvalue weighted by Crippen LogP contribution is 2.34. The molecule has 0 saturated carbocycles. The number of amides is 1. The van der Waals surface area contributed by atoms with Gasteiger partial charge in [-0.15, -0.1) is 0 Å². The summed E-state index contributed by atoms with van der Waals surface area (Å²) >= 11 is 9.56. The van der Waals surface area contributed by atoms with E-state index in [1.54, 1.807) is 6.08 Å². The van der Waals surface area contributed by atoms with Gasteiger partial charge in [-0.25, -0.2) is 4.79 Å². The van der Waals surface area contributed by atoms with Crippen LogP contribution in [0.15, 0.2) is 33.6 Å². The predicted molar refractivity (Wildman–Crippen MR) is 86.3 cm³/mol. The minimum absolute atomic E-state index is 0.270. The van der Waals surface area contributed by atoms with E-state index in [2.05, 4.69) is 15.9 Å². The molecule has 0 spiro atoms. The Kier molecular flexibility index (Phi) is 4.62. The van der Waals surface area contributed by atoms with Crippen LogP contribution in [-0.4, -0.2) is 32.2 Å². The fourth-order valence-corrected chi connectivity index (χ4v) is 3.51. The van der Waals surface area contributed by atoms with Gasteiger partial charge in [-0.3, -0.25) is 9.69 Å². The van der Waals surface area contributed by atoms with Gasteiger partial charge in [0.2, 0.25) is 0 Å². The number of thiocarbonyl (C=S) groups is 1. The Bertz CT molecular complexity index is 630. The number of nitrogens with zero attached hydrogens (tertiary/aromatic N) is 1. The van der Waals surface area contributed by atoms with E-state index < -0.39 is 12.0 Å². The summed E-state index contributed by atoms with van der Waals surface area (Å²) in [5.74, 6) is -1.44. The van der Waals surface area contributed by atoms with Gasteiger partial charge in [0.25, 0.3) is 5.91 Å². The average molecular weight is 372 g/mol. The molecule has 1 atom stereocenters. The van der Waals surface area contributed by atoms with Crippen LogP contribution in [-0.2, 0) is 9.59 Å². The van der Waals surface area contributed by atoms with Crippen LogP contribution in [0.1, 0.15) is 12.5 Å². The van der Waals surface area contributed by atoms with Gasteiger partial charge in [0.15, 0.2) is 0 Å². The third kappa shape index (κ3) is 3.11. The topological polar surface area (TPSA) is 57.6 Å².